The van der Waals surface area contributed by atoms with E-state index in [4.69, 9.17) is 4.42 Å². The Hall–Kier alpha value is -1.59. The van der Waals surface area contributed by atoms with Crippen LogP contribution in [0.5, 0.6) is 0 Å². The number of nitrogens with one attached hydrogen (secondary N) is 1. The second kappa shape index (κ2) is 5.84. The fourth-order valence-corrected chi connectivity index (χ4v) is 1.91. The van der Waals surface area contributed by atoms with Crippen LogP contribution in [-0.4, -0.2) is 43.2 Å². The van der Waals surface area contributed by atoms with Crippen LogP contribution in [0, 0.1) is 0 Å². The summed E-state index contributed by atoms with van der Waals surface area (Å²) in [6.45, 7) is 3.37. The summed E-state index contributed by atoms with van der Waals surface area (Å²) in [6.07, 6.45) is 0. The molecule has 0 amide bonds. The topological polar surface area (TPSA) is 50.4 Å². The number of hydrogen-bond acceptors (Lipinski definition) is 4. The van der Waals surface area contributed by atoms with Crippen LogP contribution >= 0.6 is 0 Å². The lowest BCUT2D eigenvalue weighted by molar-refractivity contribution is 0.316. The lowest BCUT2D eigenvalue weighted by Gasteiger charge is -2.16. The molecule has 2 rings (SSSR count). The van der Waals surface area contributed by atoms with E-state index in [1.807, 2.05) is 38.4 Å². The highest BCUT2D eigenvalue weighted by atomic mass is 16.4. The average molecular weight is 249 g/mol. The van der Waals surface area contributed by atoms with E-state index in [-0.39, 0.29) is 5.76 Å². The van der Waals surface area contributed by atoms with Gasteiger partial charge in [-0.15, -0.1) is 0 Å². The van der Waals surface area contributed by atoms with Crippen molar-refractivity contribution in [3.63, 3.8) is 0 Å². The molecule has 1 heterocycles. The normalized spacial score (nSPS) is 11.5. The van der Waals surface area contributed by atoms with Gasteiger partial charge in [0.2, 0.25) is 0 Å². The van der Waals surface area contributed by atoms with Gasteiger partial charge in [0, 0.05) is 26.2 Å². The largest absolute Gasteiger partial charge is 0.419 e. The number of fused-ring (bicyclic) bond motifs is 1. The highest BCUT2D eigenvalue weighted by Crippen LogP contribution is 2.11. The molecule has 0 saturated carbocycles. The van der Waals surface area contributed by atoms with E-state index >= 15 is 0 Å². The molecule has 0 unspecified atom stereocenters. The van der Waals surface area contributed by atoms with Gasteiger partial charge in [0.15, 0.2) is 5.58 Å². The van der Waals surface area contributed by atoms with E-state index in [1.54, 1.807) is 4.57 Å². The lowest BCUT2D eigenvalue weighted by Crippen LogP contribution is -2.31. The zero-order chi connectivity index (χ0) is 13.0. The van der Waals surface area contributed by atoms with E-state index in [0.717, 1.165) is 25.2 Å². The number of aromatic nitrogens is 1. The van der Waals surface area contributed by atoms with E-state index in [0.29, 0.717) is 12.1 Å². The van der Waals surface area contributed by atoms with E-state index in [1.165, 1.54) is 0 Å². The van der Waals surface area contributed by atoms with Crippen molar-refractivity contribution in [2.24, 2.45) is 0 Å². The van der Waals surface area contributed by atoms with Crippen molar-refractivity contribution in [2.75, 3.05) is 33.7 Å². The van der Waals surface area contributed by atoms with Crippen LogP contribution in [0.2, 0.25) is 0 Å². The summed E-state index contributed by atoms with van der Waals surface area (Å²) in [5, 5.41) is 3.10. The smallest absolute Gasteiger partial charge is 0.408 e. The molecule has 5 nitrogen and oxygen atoms in total. The number of likely N-dealkylation sites (N-methyl/N-ethyl adjacent to an activating group) is 2. The number of hydrogen-bond donors (Lipinski definition) is 1. The van der Waals surface area contributed by atoms with E-state index in [2.05, 4.69) is 10.2 Å². The van der Waals surface area contributed by atoms with Crippen LogP contribution in [-0.2, 0) is 6.54 Å². The Balaban J connectivity index is 2.07. The van der Waals surface area contributed by atoms with Crippen molar-refractivity contribution < 1.29 is 4.42 Å². The molecule has 0 aliphatic carbocycles. The zero-order valence-electron chi connectivity index (χ0n) is 10.8. The molecule has 1 aromatic carbocycles. The summed E-state index contributed by atoms with van der Waals surface area (Å²) in [7, 11) is 3.98. The van der Waals surface area contributed by atoms with Crippen molar-refractivity contribution in [2.45, 2.75) is 6.54 Å². The lowest BCUT2D eigenvalue weighted by atomic mass is 10.3. The Bertz CT molecular complexity index is 559. The van der Waals surface area contributed by atoms with Crippen LogP contribution in [0.4, 0.5) is 0 Å². The first-order valence-corrected chi connectivity index (χ1v) is 6.14. The standard InChI is InChI=1S/C13H19N3O2/c1-14-7-8-15(2)9-10-16-11-5-3-4-6-12(11)18-13(16)17/h3-6,14H,7-10H2,1-2H3. The zero-order valence-corrected chi connectivity index (χ0v) is 10.8. The van der Waals surface area contributed by atoms with Crippen LogP contribution in [0.1, 0.15) is 0 Å². The molecule has 0 saturated heterocycles. The molecule has 0 atom stereocenters. The molecule has 5 heteroatoms. The second-order valence-corrected chi connectivity index (χ2v) is 4.39. The molecule has 2 aromatic rings. The van der Waals surface area contributed by atoms with Gasteiger partial charge < -0.3 is 14.6 Å². The van der Waals surface area contributed by atoms with Crippen molar-refractivity contribution >= 4 is 11.1 Å². The maximum Gasteiger partial charge on any atom is 0.419 e. The minimum Gasteiger partial charge on any atom is -0.408 e. The predicted octanol–water partition coefficient (Wildman–Crippen LogP) is 0.746. The van der Waals surface area contributed by atoms with Crippen LogP contribution in [0.25, 0.3) is 11.1 Å². The van der Waals surface area contributed by atoms with E-state index < -0.39 is 0 Å². The fraction of sp³-hybridized carbons (Fsp3) is 0.462. The number of benzene rings is 1. The Morgan fingerprint density at radius 2 is 2.11 bits per heavy atom. The molecule has 0 aliphatic heterocycles. The summed E-state index contributed by atoms with van der Waals surface area (Å²) in [6, 6.07) is 7.51. The molecule has 0 fully saturated rings. The third kappa shape index (κ3) is 2.80. The van der Waals surface area contributed by atoms with Gasteiger partial charge >= 0.3 is 5.76 Å². The predicted molar refractivity (Wildman–Crippen MR) is 71.9 cm³/mol. The summed E-state index contributed by atoms with van der Waals surface area (Å²) in [5.41, 5.74) is 1.52. The maximum absolute atomic E-state index is 11.7. The van der Waals surface area contributed by atoms with Crippen molar-refractivity contribution in [3.8, 4) is 0 Å². The molecule has 18 heavy (non-hydrogen) atoms. The highest BCUT2D eigenvalue weighted by Gasteiger charge is 2.08. The first-order valence-electron chi connectivity index (χ1n) is 6.14. The van der Waals surface area contributed by atoms with Gasteiger partial charge in [0.05, 0.1) is 5.52 Å². The number of rotatable bonds is 6. The van der Waals surface area contributed by atoms with Gasteiger partial charge in [-0.3, -0.25) is 4.57 Å². The summed E-state index contributed by atoms with van der Waals surface area (Å²) in [5.74, 6) is -0.279. The van der Waals surface area contributed by atoms with Gasteiger partial charge in [0.1, 0.15) is 0 Å². The van der Waals surface area contributed by atoms with Crippen LogP contribution < -0.4 is 11.1 Å². The summed E-state index contributed by atoms with van der Waals surface area (Å²) < 4.78 is 6.87. The highest BCUT2D eigenvalue weighted by molar-refractivity contribution is 5.72. The molecule has 0 spiro atoms. The monoisotopic (exact) mass is 249 g/mol. The molecule has 98 valence electrons. The van der Waals surface area contributed by atoms with Crippen molar-refractivity contribution in [1.29, 1.82) is 0 Å². The summed E-state index contributed by atoms with van der Waals surface area (Å²) in [4.78, 5) is 13.9. The molecule has 1 N–H and O–H groups in total. The minimum absolute atomic E-state index is 0.279. The Labute approximate surface area is 106 Å². The SMILES string of the molecule is CNCCN(C)CCn1c(=O)oc2ccccc21. The quantitative estimate of drug-likeness (QED) is 0.820. The molecule has 0 bridgehead atoms. The minimum atomic E-state index is -0.279. The molecular weight excluding hydrogens is 230 g/mol. The second-order valence-electron chi connectivity index (χ2n) is 4.39. The average Bonchev–Trinajstić information content (AvgIpc) is 2.69. The molecule has 0 radical (unpaired) electrons. The third-order valence-corrected chi connectivity index (χ3v) is 3.02. The van der Waals surface area contributed by atoms with Gasteiger partial charge in [-0.25, -0.2) is 4.79 Å². The first kappa shape index (κ1) is 12.9. The van der Waals surface area contributed by atoms with Gasteiger partial charge in [0.25, 0.3) is 0 Å². The van der Waals surface area contributed by atoms with E-state index in [9.17, 15) is 4.79 Å². The number of oxazole rings is 1. The number of nitrogens with zero attached hydrogens (tertiary/aromatic N) is 2. The third-order valence-electron chi connectivity index (χ3n) is 3.02. The summed E-state index contributed by atoms with van der Waals surface area (Å²) >= 11 is 0. The first-order chi connectivity index (χ1) is 8.72. The number of para-hydroxylation sites is 2. The van der Waals surface area contributed by atoms with Gasteiger partial charge in [-0.2, -0.15) is 0 Å². The van der Waals surface area contributed by atoms with Crippen LogP contribution in [0.3, 0.4) is 0 Å². The molecule has 1 aromatic heterocycles. The van der Waals surface area contributed by atoms with Crippen molar-refractivity contribution in [3.05, 3.63) is 34.8 Å². The Morgan fingerprint density at radius 3 is 2.89 bits per heavy atom. The van der Waals surface area contributed by atoms with Gasteiger partial charge in [-0.05, 0) is 26.2 Å². The van der Waals surface area contributed by atoms with Crippen LogP contribution in [0.15, 0.2) is 33.5 Å². The Morgan fingerprint density at radius 1 is 1.33 bits per heavy atom. The Kier molecular flexibility index (Phi) is 4.17. The molecule has 0 aliphatic rings. The molecular formula is C13H19N3O2. The van der Waals surface area contributed by atoms with Crippen molar-refractivity contribution in [1.82, 2.24) is 14.8 Å². The maximum atomic E-state index is 11.7. The fourth-order valence-electron chi connectivity index (χ4n) is 1.91. The van der Waals surface area contributed by atoms with Gasteiger partial charge in [-0.1, -0.05) is 12.1 Å².